The van der Waals surface area contributed by atoms with Gasteiger partial charge in [0.05, 0.1) is 18.3 Å². The Kier molecular flexibility index (Phi) is 5.35. The normalized spacial score (nSPS) is 15.6. The number of aromatic nitrogens is 5. The summed E-state index contributed by atoms with van der Waals surface area (Å²) in [6.45, 7) is 3.94. The van der Waals surface area contributed by atoms with Crippen LogP contribution in [0.3, 0.4) is 0 Å². The number of imidazole rings is 1. The van der Waals surface area contributed by atoms with Gasteiger partial charge in [-0.25, -0.2) is 9.97 Å². The van der Waals surface area contributed by atoms with E-state index in [1.54, 1.807) is 30.6 Å². The van der Waals surface area contributed by atoms with Gasteiger partial charge >= 0.3 is 0 Å². The van der Waals surface area contributed by atoms with Crippen LogP contribution in [0, 0.1) is 0 Å². The molecular weight excluding hydrogens is 392 g/mol. The van der Waals surface area contributed by atoms with E-state index in [0.717, 1.165) is 60.4 Å². The highest BCUT2D eigenvalue weighted by Crippen LogP contribution is 2.32. The van der Waals surface area contributed by atoms with Crippen LogP contribution in [-0.4, -0.2) is 61.5 Å². The fourth-order valence-corrected chi connectivity index (χ4v) is 4.49. The molecule has 0 bridgehead atoms. The molecule has 1 aliphatic heterocycles. The zero-order valence-corrected chi connectivity index (χ0v) is 17.3. The fourth-order valence-electron chi connectivity index (χ4n) is 4.49. The second-order valence-electron chi connectivity index (χ2n) is 7.89. The zero-order chi connectivity index (χ0) is 21.2. The van der Waals surface area contributed by atoms with Gasteiger partial charge in [-0.2, -0.15) is 0 Å². The molecule has 0 atom stereocenters. The fraction of sp³-hybridized carbons (Fsp3) is 0.364. The predicted octanol–water partition coefficient (Wildman–Crippen LogP) is 1.83. The summed E-state index contributed by atoms with van der Waals surface area (Å²) in [5.41, 5.74) is 8.91. The minimum atomic E-state index is -0.207. The Morgan fingerprint density at radius 3 is 2.87 bits per heavy atom. The summed E-state index contributed by atoms with van der Waals surface area (Å²) in [5.74, 6) is 0.633. The van der Waals surface area contributed by atoms with Gasteiger partial charge in [0.1, 0.15) is 22.7 Å². The van der Waals surface area contributed by atoms with Crippen LogP contribution in [0.15, 0.2) is 42.9 Å². The summed E-state index contributed by atoms with van der Waals surface area (Å²) in [6, 6.07) is 7.66. The van der Waals surface area contributed by atoms with Crippen molar-refractivity contribution < 1.29 is 4.79 Å². The molecule has 0 unspecified atom stereocenters. The lowest BCUT2D eigenvalue weighted by atomic mass is 10.0. The molecule has 1 fully saturated rings. The maximum Gasteiger partial charge on any atom is 0.270 e. The molecule has 1 saturated heterocycles. The Labute approximate surface area is 179 Å². The van der Waals surface area contributed by atoms with E-state index >= 15 is 0 Å². The van der Waals surface area contributed by atoms with E-state index in [1.807, 2.05) is 12.3 Å². The molecule has 0 aromatic carbocycles. The molecule has 1 aliphatic rings. The van der Waals surface area contributed by atoms with Crippen LogP contribution >= 0.6 is 0 Å². The first-order valence-electron chi connectivity index (χ1n) is 10.7. The Bertz CT molecular complexity index is 1190. The van der Waals surface area contributed by atoms with Crippen molar-refractivity contribution in [3.05, 3.63) is 54.4 Å². The van der Waals surface area contributed by atoms with Crippen molar-refractivity contribution in [1.82, 2.24) is 34.7 Å². The highest BCUT2D eigenvalue weighted by molar-refractivity contribution is 6.01. The maximum atomic E-state index is 12.6. The van der Waals surface area contributed by atoms with Gasteiger partial charge in [-0.1, -0.05) is 6.07 Å². The molecule has 4 aromatic rings. The van der Waals surface area contributed by atoms with E-state index < -0.39 is 0 Å². The van der Waals surface area contributed by atoms with E-state index in [9.17, 15) is 4.79 Å². The predicted molar refractivity (Wildman–Crippen MR) is 119 cm³/mol. The first-order valence-corrected chi connectivity index (χ1v) is 10.7. The molecule has 5 heterocycles. The Morgan fingerprint density at radius 2 is 2.10 bits per heavy atom. The molecule has 4 aromatic heterocycles. The van der Waals surface area contributed by atoms with Crippen molar-refractivity contribution in [1.29, 1.82) is 0 Å². The van der Waals surface area contributed by atoms with Crippen molar-refractivity contribution in [3.8, 4) is 0 Å². The van der Waals surface area contributed by atoms with Crippen LogP contribution in [0.1, 0.15) is 35.2 Å². The van der Waals surface area contributed by atoms with E-state index in [4.69, 9.17) is 10.7 Å². The van der Waals surface area contributed by atoms with Crippen LogP contribution in [-0.2, 0) is 6.54 Å². The van der Waals surface area contributed by atoms with Gasteiger partial charge in [0.25, 0.3) is 5.91 Å². The molecule has 5 rings (SSSR count). The van der Waals surface area contributed by atoms with Crippen LogP contribution < -0.4 is 11.1 Å². The summed E-state index contributed by atoms with van der Waals surface area (Å²) >= 11 is 0. The highest BCUT2D eigenvalue weighted by Gasteiger charge is 2.26. The quantitative estimate of drug-likeness (QED) is 0.440. The Morgan fingerprint density at radius 1 is 1.23 bits per heavy atom. The summed E-state index contributed by atoms with van der Waals surface area (Å²) in [6.07, 6.45) is 7.36. The lowest BCUT2D eigenvalue weighted by molar-refractivity contribution is 0.0944. The first-order chi connectivity index (χ1) is 15.2. The number of amides is 1. The number of nitrogens with one attached hydrogen (secondary N) is 2. The molecule has 9 nitrogen and oxygen atoms in total. The minimum Gasteiger partial charge on any atom is -0.346 e. The summed E-state index contributed by atoms with van der Waals surface area (Å²) in [4.78, 5) is 31.7. The molecule has 0 saturated carbocycles. The van der Waals surface area contributed by atoms with Crippen molar-refractivity contribution in [2.45, 2.75) is 25.4 Å². The minimum absolute atomic E-state index is 0.207. The van der Waals surface area contributed by atoms with Crippen LogP contribution in [0.25, 0.3) is 22.1 Å². The lowest BCUT2D eigenvalue weighted by Gasteiger charge is -2.33. The average molecular weight is 419 g/mol. The molecule has 4 N–H and O–H groups in total. The van der Waals surface area contributed by atoms with Gasteiger partial charge < -0.3 is 25.5 Å². The topological polar surface area (TPSA) is 118 Å². The van der Waals surface area contributed by atoms with Crippen molar-refractivity contribution in [2.24, 2.45) is 5.73 Å². The van der Waals surface area contributed by atoms with Crippen molar-refractivity contribution in [2.75, 3.05) is 26.2 Å². The van der Waals surface area contributed by atoms with E-state index in [2.05, 4.69) is 29.7 Å². The van der Waals surface area contributed by atoms with Gasteiger partial charge in [0.2, 0.25) is 0 Å². The SMILES string of the molecule is NCCN1CCC(n2c(CNC(=O)c3ccccn3)nc3cnc4[nH]ccc4c32)CC1. The largest absolute Gasteiger partial charge is 0.346 e. The number of carbonyl (C=O) groups is 1. The second-order valence-corrected chi connectivity index (χ2v) is 7.89. The van der Waals surface area contributed by atoms with Gasteiger partial charge in [0, 0.05) is 50.0 Å². The third-order valence-electron chi connectivity index (χ3n) is 5.98. The molecule has 0 radical (unpaired) electrons. The number of hydrogen-bond acceptors (Lipinski definition) is 6. The smallest absolute Gasteiger partial charge is 0.270 e. The van der Waals surface area contributed by atoms with Crippen molar-refractivity contribution >= 4 is 28.0 Å². The molecule has 0 aliphatic carbocycles. The number of pyridine rings is 2. The number of piperidine rings is 1. The van der Waals surface area contributed by atoms with Crippen molar-refractivity contribution in [3.63, 3.8) is 0 Å². The molecular formula is C22H26N8O. The first kappa shape index (κ1) is 19.7. The Hall–Kier alpha value is -3.30. The second kappa shape index (κ2) is 8.44. The average Bonchev–Trinajstić information content (AvgIpc) is 3.43. The number of nitrogens with two attached hydrogens (primary N) is 1. The van der Waals surface area contributed by atoms with Gasteiger partial charge in [-0.15, -0.1) is 0 Å². The monoisotopic (exact) mass is 418 g/mol. The van der Waals surface area contributed by atoms with Gasteiger partial charge in [-0.05, 0) is 31.0 Å². The lowest BCUT2D eigenvalue weighted by Crippen LogP contribution is -2.38. The van der Waals surface area contributed by atoms with Crippen LogP contribution in [0.5, 0.6) is 0 Å². The molecule has 0 spiro atoms. The number of carbonyl (C=O) groups excluding carboxylic acids is 1. The summed E-state index contributed by atoms with van der Waals surface area (Å²) in [7, 11) is 0. The van der Waals surface area contributed by atoms with E-state index in [0.29, 0.717) is 24.8 Å². The number of likely N-dealkylation sites (tertiary alicyclic amines) is 1. The number of nitrogens with zero attached hydrogens (tertiary/aromatic N) is 5. The summed E-state index contributed by atoms with van der Waals surface area (Å²) < 4.78 is 2.31. The molecule has 9 heteroatoms. The molecule has 31 heavy (non-hydrogen) atoms. The molecule has 160 valence electrons. The number of hydrogen-bond donors (Lipinski definition) is 3. The van der Waals surface area contributed by atoms with Gasteiger partial charge in [-0.3, -0.25) is 9.78 Å². The zero-order valence-electron chi connectivity index (χ0n) is 17.3. The van der Waals surface area contributed by atoms with Crippen LogP contribution in [0.2, 0.25) is 0 Å². The number of aromatic amines is 1. The standard InChI is InChI=1S/C22H26N8O/c23-7-12-29-10-5-15(6-11-29)30-19(14-27-22(31)17-3-1-2-8-24-17)28-18-13-26-21-16(20(18)30)4-9-25-21/h1-4,8-9,13,15H,5-7,10-12,14,23H2,(H,25,26)(H,27,31). The van der Waals surface area contributed by atoms with Crippen LogP contribution in [0.4, 0.5) is 0 Å². The van der Waals surface area contributed by atoms with E-state index in [1.165, 1.54) is 0 Å². The maximum absolute atomic E-state index is 12.6. The summed E-state index contributed by atoms with van der Waals surface area (Å²) in [5, 5.41) is 4.04. The number of H-pyrrole nitrogens is 1. The third kappa shape index (κ3) is 3.77. The van der Waals surface area contributed by atoms with E-state index in [-0.39, 0.29) is 5.91 Å². The van der Waals surface area contributed by atoms with Gasteiger partial charge in [0.15, 0.2) is 0 Å². The number of fused-ring (bicyclic) bond motifs is 3. The third-order valence-corrected chi connectivity index (χ3v) is 5.98. The number of rotatable bonds is 6. The Balaban J connectivity index is 1.48. The molecule has 1 amide bonds. The highest BCUT2D eigenvalue weighted by atomic mass is 16.1.